The standard InChI is InChI=1S/C9H19NO4/c1-13-5-3-10-6-8-9(12)7(11)2-4-14-8/h7-12H,2-6H2,1H3/t7-,8?,9+/m1/s1. The third-order valence-electron chi connectivity index (χ3n) is 2.35. The molecule has 5 heteroatoms. The normalized spacial score (nSPS) is 33.2. The highest BCUT2D eigenvalue weighted by Crippen LogP contribution is 2.13. The van der Waals surface area contributed by atoms with Gasteiger partial charge < -0.3 is 25.0 Å². The van der Waals surface area contributed by atoms with Crippen LogP contribution in [-0.4, -0.2) is 61.9 Å². The van der Waals surface area contributed by atoms with Crippen molar-refractivity contribution >= 4 is 0 Å². The summed E-state index contributed by atoms with van der Waals surface area (Å²) in [7, 11) is 1.64. The zero-order valence-corrected chi connectivity index (χ0v) is 8.48. The van der Waals surface area contributed by atoms with E-state index in [2.05, 4.69) is 5.32 Å². The van der Waals surface area contributed by atoms with E-state index in [-0.39, 0.29) is 6.10 Å². The summed E-state index contributed by atoms with van der Waals surface area (Å²) >= 11 is 0. The van der Waals surface area contributed by atoms with Crippen LogP contribution in [0.15, 0.2) is 0 Å². The molecule has 1 unspecified atom stereocenters. The molecule has 5 nitrogen and oxygen atoms in total. The molecule has 3 N–H and O–H groups in total. The lowest BCUT2D eigenvalue weighted by molar-refractivity contribution is -0.132. The number of nitrogens with one attached hydrogen (secondary N) is 1. The Morgan fingerprint density at radius 1 is 1.50 bits per heavy atom. The summed E-state index contributed by atoms with van der Waals surface area (Å²) in [4.78, 5) is 0. The minimum absolute atomic E-state index is 0.310. The van der Waals surface area contributed by atoms with Crippen molar-refractivity contribution in [3.8, 4) is 0 Å². The number of ether oxygens (including phenoxy) is 2. The second-order valence-electron chi connectivity index (χ2n) is 3.45. The lowest BCUT2D eigenvalue weighted by atomic mass is 10.0. The number of methoxy groups -OCH3 is 1. The molecule has 14 heavy (non-hydrogen) atoms. The Kier molecular flexibility index (Phi) is 5.36. The van der Waals surface area contributed by atoms with Crippen molar-refractivity contribution in [2.24, 2.45) is 0 Å². The Balaban J connectivity index is 2.15. The zero-order chi connectivity index (χ0) is 10.4. The number of hydrogen-bond donors (Lipinski definition) is 3. The van der Waals surface area contributed by atoms with Crippen LogP contribution in [0.3, 0.4) is 0 Å². The van der Waals surface area contributed by atoms with Crippen molar-refractivity contribution in [3.05, 3.63) is 0 Å². The molecule has 1 aliphatic rings. The monoisotopic (exact) mass is 205 g/mol. The van der Waals surface area contributed by atoms with Crippen LogP contribution in [0.25, 0.3) is 0 Å². The van der Waals surface area contributed by atoms with E-state index >= 15 is 0 Å². The van der Waals surface area contributed by atoms with Crippen LogP contribution in [0.5, 0.6) is 0 Å². The van der Waals surface area contributed by atoms with Gasteiger partial charge in [-0.2, -0.15) is 0 Å². The molecule has 0 radical (unpaired) electrons. The van der Waals surface area contributed by atoms with Gasteiger partial charge in [-0.1, -0.05) is 0 Å². The number of aliphatic hydroxyl groups excluding tert-OH is 2. The Labute approximate surface area is 84.0 Å². The topological polar surface area (TPSA) is 71.0 Å². The molecule has 0 spiro atoms. The van der Waals surface area contributed by atoms with Crippen LogP contribution < -0.4 is 5.32 Å². The number of aliphatic hydroxyl groups is 2. The quantitative estimate of drug-likeness (QED) is 0.488. The summed E-state index contributed by atoms with van der Waals surface area (Å²) in [5, 5.41) is 22.0. The molecule has 0 aliphatic carbocycles. The molecule has 3 atom stereocenters. The molecule has 1 aliphatic heterocycles. The fourth-order valence-corrected chi connectivity index (χ4v) is 1.46. The maximum atomic E-state index is 9.55. The predicted molar refractivity (Wildman–Crippen MR) is 51.1 cm³/mol. The highest BCUT2D eigenvalue weighted by Gasteiger charge is 2.30. The van der Waals surface area contributed by atoms with Gasteiger partial charge >= 0.3 is 0 Å². The molecule has 1 heterocycles. The first-order valence-electron chi connectivity index (χ1n) is 4.93. The molecule has 0 aromatic carbocycles. The summed E-state index contributed by atoms with van der Waals surface area (Å²) in [6.07, 6.45) is -1.23. The summed E-state index contributed by atoms with van der Waals surface area (Å²) in [5.74, 6) is 0. The Hall–Kier alpha value is -0.200. The van der Waals surface area contributed by atoms with Gasteiger partial charge in [0.1, 0.15) is 6.10 Å². The van der Waals surface area contributed by atoms with Gasteiger partial charge in [0.25, 0.3) is 0 Å². The highest BCUT2D eigenvalue weighted by molar-refractivity contribution is 4.82. The minimum Gasteiger partial charge on any atom is -0.390 e. The van der Waals surface area contributed by atoms with Crippen LogP contribution in [0, 0.1) is 0 Å². The van der Waals surface area contributed by atoms with Gasteiger partial charge in [0.15, 0.2) is 0 Å². The van der Waals surface area contributed by atoms with E-state index < -0.39 is 12.2 Å². The van der Waals surface area contributed by atoms with Crippen LogP contribution in [0.1, 0.15) is 6.42 Å². The lowest BCUT2D eigenvalue weighted by Gasteiger charge is -2.32. The lowest BCUT2D eigenvalue weighted by Crippen LogP contribution is -2.49. The molecule has 0 bridgehead atoms. The first kappa shape index (κ1) is 11.9. The van der Waals surface area contributed by atoms with Crippen LogP contribution >= 0.6 is 0 Å². The summed E-state index contributed by atoms with van der Waals surface area (Å²) < 4.78 is 10.2. The molecular formula is C9H19NO4. The molecular weight excluding hydrogens is 186 g/mol. The first-order valence-corrected chi connectivity index (χ1v) is 4.93. The fourth-order valence-electron chi connectivity index (χ4n) is 1.46. The maximum Gasteiger partial charge on any atom is 0.107 e. The second-order valence-corrected chi connectivity index (χ2v) is 3.45. The highest BCUT2D eigenvalue weighted by atomic mass is 16.5. The average molecular weight is 205 g/mol. The SMILES string of the molecule is COCCNCC1OCC[C@@H](O)[C@@H]1O. The van der Waals surface area contributed by atoms with E-state index in [9.17, 15) is 10.2 Å². The van der Waals surface area contributed by atoms with E-state index in [1.165, 1.54) is 0 Å². The summed E-state index contributed by atoms with van der Waals surface area (Å²) in [5.41, 5.74) is 0. The van der Waals surface area contributed by atoms with Gasteiger partial charge in [-0.3, -0.25) is 0 Å². The predicted octanol–water partition coefficient (Wildman–Crippen LogP) is -1.27. The number of hydrogen-bond acceptors (Lipinski definition) is 5. The van der Waals surface area contributed by atoms with Gasteiger partial charge in [-0.15, -0.1) is 0 Å². The van der Waals surface area contributed by atoms with Crippen molar-refractivity contribution in [1.82, 2.24) is 5.32 Å². The van der Waals surface area contributed by atoms with Crippen molar-refractivity contribution in [2.75, 3.05) is 33.4 Å². The first-order chi connectivity index (χ1) is 6.75. The molecule has 84 valence electrons. The summed E-state index contributed by atoms with van der Waals surface area (Å²) in [6, 6.07) is 0. The third-order valence-corrected chi connectivity index (χ3v) is 2.35. The molecule has 1 saturated heterocycles. The molecule has 0 aromatic heterocycles. The van der Waals surface area contributed by atoms with Gasteiger partial charge in [-0.25, -0.2) is 0 Å². The molecule has 0 saturated carbocycles. The second kappa shape index (κ2) is 6.31. The van der Waals surface area contributed by atoms with E-state index in [0.29, 0.717) is 26.2 Å². The fraction of sp³-hybridized carbons (Fsp3) is 1.00. The van der Waals surface area contributed by atoms with E-state index in [1.807, 2.05) is 0 Å². The minimum atomic E-state index is -0.779. The van der Waals surface area contributed by atoms with Gasteiger partial charge in [0.2, 0.25) is 0 Å². The van der Waals surface area contributed by atoms with Gasteiger partial charge in [0, 0.05) is 26.8 Å². The zero-order valence-electron chi connectivity index (χ0n) is 8.48. The van der Waals surface area contributed by atoms with E-state index in [4.69, 9.17) is 9.47 Å². The van der Waals surface area contributed by atoms with Crippen LogP contribution in [0.4, 0.5) is 0 Å². The molecule has 1 fully saturated rings. The third kappa shape index (κ3) is 3.51. The van der Waals surface area contributed by atoms with Gasteiger partial charge in [0.05, 0.1) is 18.8 Å². The van der Waals surface area contributed by atoms with Crippen molar-refractivity contribution < 1.29 is 19.7 Å². The Morgan fingerprint density at radius 3 is 3.00 bits per heavy atom. The Bertz CT molecular complexity index is 156. The van der Waals surface area contributed by atoms with E-state index in [1.54, 1.807) is 7.11 Å². The largest absolute Gasteiger partial charge is 0.390 e. The molecule has 1 rings (SSSR count). The number of rotatable bonds is 5. The van der Waals surface area contributed by atoms with Crippen LogP contribution in [-0.2, 0) is 9.47 Å². The smallest absolute Gasteiger partial charge is 0.107 e. The van der Waals surface area contributed by atoms with Crippen molar-refractivity contribution in [1.29, 1.82) is 0 Å². The van der Waals surface area contributed by atoms with E-state index in [0.717, 1.165) is 6.54 Å². The van der Waals surface area contributed by atoms with Crippen molar-refractivity contribution in [2.45, 2.75) is 24.7 Å². The van der Waals surface area contributed by atoms with Gasteiger partial charge in [-0.05, 0) is 6.42 Å². The molecule has 0 aromatic rings. The van der Waals surface area contributed by atoms with Crippen LogP contribution in [0.2, 0.25) is 0 Å². The maximum absolute atomic E-state index is 9.55. The molecule has 0 amide bonds. The Morgan fingerprint density at radius 2 is 2.29 bits per heavy atom. The van der Waals surface area contributed by atoms with Crippen molar-refractivity contribution in [3.63, 3.8) is 0 Å². The average Bonchev–Trinajstić information content (AvgIpc) is 2.19. The summed E-state index contributed by atoms with van der Waals surface area (Å²) in [6.45, 7) is 2.40.